The van der Waals surface area contributed by atoms with E-state index in [2.05, 4.69) is 17.2 Å². The zero-order valence-electron chi connectivity index (χ0n) is 15.2. The lowest BCUT2D eigenvalue weighted by atomic mass is 10.0. The number of aromatic nitrogens is 1. The van der Waals surface area contributed by atoms with Crippen molar-refractivity contribution in [3.63, 3.8) is 0 Å². The summed E-state index contributed by atoms with van der Waals surface area (Å²) in [6, 6.07) is 10.6. The van der Waals surface area contributed by atoms with Gasteiger partial charge in [0, 0.05) is 11.6 Å². The lowest BCUT2D eigenvalue weighted by molar-refractivity contribution is 0.100. The molecule has 0 aliphatic carbocycles. The second kappa shape index (κ2) is 8.18. The summed E-state index contributed by atoms with van der Waals surface area (Å²) in [5.41, 5.74) is 6.83. The molecule has 2 heterocycles. The van der Waals surface area contributed by atoms with Gasteiger partial charge in [0.15, 0.2) is 10.9 Å². The zero-order valence-corrected chi connectivity index (χ0v) is 16.0. The number of hydrogen-bond donors (Lipinski definition) is 2. The number of benzene rings is 1. The number of ketones is 1. The fourth-order valence-corrected chi connectivity index (χ4v) is 3.00. The van der Waals surface area contributed by atoms with E-state index in [0.29, 0.717) is 22.7 Å². The summed E-state index contributed by atoms with van der Waals surface area (Å²) >= 11 is 4.95. The molecular formula is C20H21N3O3S. The van der Waals surface area contributed by atoms with E-state index in [-0.39, 0.29) is 22.8 Å². The Balaban J connectivity index is 2.06. The Morgan fingerprint density at radius 3 is 2.89 bits per heavy atom. The van der Waals surface area contributed by atoms with Gasteiger partial charge in [-0.15, -0.1) is 0 Å². The smallest absolute Gasteiger partial charge is 0.234 e. The molecule has 0 spiro atoms. The highest BCUT2D eigenvalue weighted by Gasteiger charge is 2.24. The van der Waals surface area contributed by atoms with Gasteiger partial charge in [-0.1, -0.05) is 19.4 Å². The number of nitrogens with one attached hydrogen (secondary N) is 1. The van der Waals surface area contributed by atoms with Crippen LogP contribution < -0.4 is 15.8 Å². The number of nitrogens with zero attached hydrogens (tertiary/aromatic N) is 1. The lowest BCUT2D eigenvalue weighted by Gasteiger charge is -2.18. The number of hydrogen-bond acceptors (Lipinski definition) is 5. The molecule has 0 aliphatic heterocycles. The van der Waals surface area contributed by atoms with Gasteiger partial charge in [-0.05, 0) is 55.9 Å². The Bertz CT molecular complexity index is 951. The number of carbonyl (C=O) groups excluding carboxylic acids is 1. The number of pyridine rings is 1. The maximum Gasteiger partial charge on any atom is 0.234 e. The molecule has 3 aromatic rings. The number of anilines is 1. The number of fused-ring (bicyclic) bond motifs is 1. The topological polar surface area (TPSA) is 90.4 Å². The number of thiocarbonyl (C=S) groups is 1. The average molecular weight is 383 g/mol. The third-order valence-electron chi connectivity index (χ3n) is 4.05. The second-order valence-electron chi connectivity index (χ2n) is 6.22. The van der Waals surface area contributed by atoms with Gasteiger partial charge in [-0.2, -0.15) is 0 Å². The largest absolute Gasteiger partial charge is 0.490 e. The van der Waals surface area contributed by atoms with E-state index >= 15 is 0 Å². The van der Waals surface area contributed by atoms with E-state index in [0.717, 1.165) is 18.2 Å². The zero-order chi connectivity index (χ0) is 19.4. The van der Waals surface area contributed by atoms with E-state index in [4.69, 9.17) is 27.1 Å². The molecule has 1 atom stereocenters. The van der Waals surface area contributed by atoms with Crippen molar-refractivity contribution in [2.24, 2.45) is 5.73 Å². The summed E-state index contributed by atoms with van der Waals surface area (Å²) in [6.45, 7) is 4.05. The van der Waals surface area contributed by atoms with Gasteiger partial charge in [0.1, 0.15) is 5.75 Å². The third kappa shape index (κ3) is 4.25. The molecule has 0 aliphatic rings. The first-order valence-corrected chi connectivity index (χ1v) is 9.15. The second-order valence-corrected chi connectivity index (χ2v) is 6.66. The molecule has 0 radical (unpaired) electrons. The molecule has 3 rings (SSSR count). The quantitative estimate of drug-likeness (QED) is 0.465. The van der Waals surface area contributed by atoms with Crippen molar-refractivity contribution in [1.29, 1.82) is 0 Å². The van der Waals surface area contributed by atoms with Crippen molar-refractivity contribution in [3.8, 4) is 5.75 Å². The fraction of sp³-hybridized carbons (Fsp3) is 0.250. The van der Waals surface area contributed by atoms with Gasteiger partial charge >= 0.3 is 0 Å². The predicted octanol–water partition coefficient (Wildman–Crippen LogP) is 4.28. The van der Waals surface area contributed by atoms with Crippen LogP contribution in [0.3, 0.4) is 0 Å². The highest BCUT2D eigenvalue weighted by Crippen LogP contribution is 2.32. The Hall–Kier alpha value is -2.93. The van der Waals surface area contributed by atoms with Crippen molar-refractivity contribution in [2.45, 2.75) is 32.8 Å². The molecule has 1 aromatic carbocycles. The summed E-state index contributed by atoms with van der Waals surface area (Å²) in [6.07, 6.45) is 3.42. The summed E-state index contributed by atoms with van der Waals surface area (Å²) in [7, 11) is 0. The van der Waals surface area contributed by atoms with Crippen LogP contribution in [0, 0.1) is 0 Å². The van der Waals surface area contributed by atoms with Crippen LogP contribution in [0.15, 0.2) is 47.0 Å². The van der Waals surface area contributed by atoms with Gasteiger partial charge in [0.05, 0.1) is 17.4 Å². The van der Waals surface area contributed by atoms with Crippen LogP contribution in [0.4, 0.5) is 5.69 Å². The van der Waals surface area contributed by atoms with Crippen molar-refractivity contribution >= 4 is 39.9 Å². The van der Waals surface area contributed by atoms with E-state index in [9.17, 15) is 4.79 Å². The number of nitrogens with two attached hydrogens (primary N) is 1. The summed E-state index contributed by atoms with van der Waals surface area (Å²) in [4.78, 5) is 17.4. The van der Waals surface area contributed by atoms with Crippen molar-refractivity contribution < 1.29 is 13.9 Å². The standard InChI is InChI=1S/C20H21N3O3S/c1-3-6-12(2)25-15-9-4-8-14(23-20(21)27)17(15)18(24)16-11-13-7-5-10-22-19(13)26-16/h4-5,7-12H,3,6H2,1-2H3,(H3,21,23,27). The average Bonchev–Trinajstić information content (AvgIpc) is 3.05. The minimum absolute atomic E-state index is 0.0426. The van der Waals surface area contributed by atoms with Crippen LogP contribution in [0.1, 0.15) is 42.8 Å². The molecule has 7 heteroatoms. The summed E-state index contributed by atoms with van der Waals surface area (Å²) in [5.74, 6) is 0.301. The molecule has 0 fully saturated rings. The molecule has 27 heavy (non-hydrogen) atoms. The van der Waals surface area contributed by atoms with Gasteiger partial charge in [0.25, 0.3) is 0 Å². The predicted molar refractivity (Wildman–Crippen MR) is 109 cm³/mol. The van der Waals surface area contributed by atoms with E-state index in [1.54, 1.807) is 36.5 Å². The Morgan fingerprint density at radius 2 is 2.19 bits per heavy atom. The molecule has 140 valence electrons. The minimum atomic E-state index is -0.328. The van der Waals surface area contributed by atoms with Gasteiger partial charge in [-0.3, -0.25) is 4.79 Å². The first-order valence-electron chi connectivity index (χ1n) is 8.75. The summed E-state index contributed by atoms with van der Waals surface area (Å²) < 4.78 is 11.7. The van der Waals surface area contributed by atoms with Crippen LogP contribution in [0.25, 0.3) is 11.1 Å². The molecule has 0 saturated heterocycles. The van der Waals surface area contributed by atoms with Crippen molar-refractivity contribution in [2.75, 3.05) is 5.32 Å². The normalized spacial score (nSPS) is 11.9. The van der Waals surface area contributed by atoms with Crippen LogP contribution in [0.5, 0.6) is 5.75 Å². The minimum Gasteiger partial charge on any atom is -0.490 e. The van der Waals surface area contributed by atoms with E-state index < -0.39 is 0 Å². The van der Waals surface area contributed by atoms with Gasteiger partial charge in [-0.25, -0.2) is 4.98 Å². The molecule has 6 nitrogen and oxygen atoms in total. The third-order valence-corrected chi connectivity index (χ3v) is 4.15. The van der Waals surface area contributed by atoms with Crippen LogP contribution in [0.2, 0.25) is 0 Å². The number of carbonyl (C=O) groups is 1. The molecule has 0 bridgehead atoms. The monoisotopic (exact) mass is 383 g/mol. The van der Waals surface area contributed by atoms with Crippen molar-refractivity contribution in [3.05, 3.63) is 53.9 Å². The van der Waals surface area contributed by atoms with Crippen molar-refractivity contribution in [1.82, 2.24) is 4.98 Å². The van der Waals surface area contributed by atoms with Crippen LogP contribution >= 0.6 is 12.2 Å². The van der Waals surface area contributed by atoms with Crippen LogP contribution in [-0.2, 0) is 0 Å². The molecule has 0 amide bonds. The number of rotatable bonds is 7. The highest BCUT2D eigenvalue weighted by molar-refractivity contribution is 7.80. The number of ether oxygens (including phenoxy) is 1. The highest BCUT2D eigenvalue weighted by atomic mass is 32.1. The molecule has 2 aromatic heterocycles. The maximum atomic E-state index is 13.3. The van der Waals surface area contributed by atoms with E-state index in [1.165, 1.54) is 0 Å². The molecule has 3 N–H and O–H groups in total. The Labute approximate surface area is 162 Å². The molecule has 1 unspecified atom stereocenters. The molecule has 0 saturated carbocycles. The lowest BCUT2D eigenvalue weighted by Crippen LogP contribution is -2.22. The first kappa shape index (κ1) is 18.8. The Morgan fingerprint density at radius 1 is 1.37 bits per heavy atom. The Kier molecular flexibility index (Phi) is 5.71. The van der Waals surface area contributed by atoms with Crippen LogP contribution in [-0.4, -0.2) is 22.0 Å². The summed E-state index contributed by atoms with van der Waals surface area (Å²) in [5, 5.41) is 3.67. The molecular weight excluding hydrogens is 362 g/mol. The number of furan rings is 1. The van der Waals surface area contributed by atoms with E-state index in [1.807, 2.05) is 13.0 Å². The SMILES string of the molecule is CCCC(C)Oc1cccc(NC(N)=S)c1C(=O)c1cc2cccnc2o1. The van der Waals surface area contributed by atoms with Gasteiger partial charge < -0.3 is 20.2 Å². The fourth-order valence-electron chi connectivity index (χ4n) is 2.89. The first-order chi connectivity index (χ1) is 13.0. The maximum absolute atomic E-state index is 13.3. The van der Waals surface area contributed by atoms with Gasteiger partial charge in [0.2, 0.25) is 11.5 Å².